The Morgan fingerprint density at radius 2 is 1.78 bits per heavy atom. The summed E-state index contributed by atoms with van der Waals surface area (Å²) in [5.41, 5.74) is 19.0. The Morgan fingerprint density at radius 1 is 0.971 bits per heavy atom. The van der Waals surface area contributed by atoms with Gasteiger partial charge in [0.05, 0.1) is 38.0 Å². The molecule has 11 nitrogen and oxygen atoms in total. The van der Waals surface area contributed by atoms with Crippen LogP contribution >= 0.6 is 21.6 Å². The molecule has 13 heteroatoms. The molecule has 2 saturated carbocycles. The third kappa shape index (κ3) is 11.8. The number of aromatic hydroxyl groups is 2. The molecule has 4 aromatic rings. The number of carbonyl (C=O) groups is 2. The number of allylic oxidation sites excluding steroid dienone is 2. The van der Waals surface area contributed by atoms with Gasteiger partial charge in [0.1, 0.15) is 5.75 Å². The summed E-state index contributed by atoms with van der Waals surface area (Å²) in [6.45, 7) is 2.12. The van der Waals surface area contributed by atoms with Crippen molar-refractivity contribution >= 4 is 33.2 Å². The van der Waals surface area contributed by atoms with E-state index >= 15 is 0 Å². The van der Waals surface area contributed by atoms with E-state index in [9.17, 15) is 35.1 Å². The predicted octanol–water partition coefficient (Wildman–Crippen LogP) is 9.10. The fraction of sp³-hybridized carbons (Fsp3) is 0.500. The minimum absolute atomic E-state index is 0.00884. The van der Waals surface area contributed by atoms with Gasteiger partial charge in [-0.2, -0.15) is 0 Å². The fourth-order valence-corrected chi connectivity index (χ4v) is 14.5. The van der Waals surface area contributed by atoms with Crippen molar-refractivity contribution < 1.29 is 39.9 Å². The van der Waals surface area contributed by atoms with E-state index in [1.807, 2.05) is 18.2 Å². The number of aliphatic hydroxyl groups excluding tert-OH is 3. The molecule has 368 valence electrons. The van der Waals surface area contributed by atoms with Gasteiger partial charge in [0.25, 0.3) is 0 Å². The SMILES string of the molecule is CCCCC[C@H](C[C@H](O)CO)C[C@@H]1CC[C@]23CSSCc4cc5c(cc4C(N)N)C#CCc4[nH]ccc4C(=O)C[C@H]5c4cc(ccc4O)CCOc4cc(ccc4O)CCC(=O)/C=C/[C@]1(C[C@H]2O)C3. The van der Waals surface area contributed by atoms with Crippen molar-refractivity contribution in [2.24, 2.45) is 34.1 Å². The van der Waals surface area contributed by atoms with Gasteiger partial charge < -0.3 is 46.7 Å². The quantitative estimate of drug-likeness (QED) is 0.0324. The Hall–Kier alpha value is -4.52. The number of aliphatic hydroxyl groups is 3. The highest BCUT2D eigenvalue weighted by Crippen LogP contribution is 2.64. The molecule has 0 saturated heterocycles. The minimum Gasteiger partial charge on any atom is -0.508 e. The molecule has 69 heavy (non-hydrogen) atoms. The van der Waals surface area contributed by atoms with Crippen molar-refractivity contribution in [2.45, 2.75) is 133 Å². The van der Waals surface area contributed by atoms with Gasteiger partial charge in [-0.3, -0.25) is 9.59 Å². The number of nitrogens with one attached hydrogen (secondary N) is 1. The summed E-state index contributed by atoms with van der Waals surface area (Å²) in [6.07, 6.45) is 13.6. The van der Waals surface area contributed by atoms with E-state index < -0.39 is 29.7 Å². The molecule has 3 aliphatic carbocycles. The maximum atomic E-state index is 14.3. The number of aryl methyl sites for hydroxylation is 1. The lowest BCUT2D eigenvalue weighted by Gasteiger charge is -2.45. The molecule has 10 N–H and O–H groups in total. The average Bonchev–Trinajstić information content (AvgIpc) is 3.90. The molecule has 1 aromatic heterocycles. The predicted molar refractivity (Wildman–Crippen MR) is 274 cm³/mol. The lowest BCUT2D eigenvalue weighted by atomic mass is 9.60. The van der Waals surface area contributed by atoms with E-state index in [-0.39, 0.29) is 66.4 Å². The van der Waals surface area contributed by atoms with Gasteiger partial charge in [0.15, 0.2) is 23.1 Å². The monoisotopic (exact) mass is 975 g/mol. The Kier molecular flexibility index (Phi) is 16.7. The van der Waals surface area contributed by atoms with Crippen LogP contribution in [0.25, 0.3) is 0 Å². The number of H-pyrrole nitrogens is 1. The highest BCUT2D eigenvalue weighted by molar-refractivity contribution is 8.76. The van der Waals surface area contributed by atoms with Gasteiger partial charge in [0, 0.05) is 70.7 Å². The van der Waals surface area contributed by atoms with Crippen LogP contribution in [-0.4, -0.2) is 73.3 Å². The first-order valence-corrected chi connectivity index (χ1v) is 27.3. The average molecular weight is 976 g/mol. The maximum Gasteiger partial charge on any atom is 0.165 e. The number of unbranched alkanes of at least 4 members (excludes halogenated alkanes) is 2. The number of rotatable bonds is 10. The number of hydrogen-bond donors (Lipinski definition) is 8. The van der Waals surface area contributed by atoms with E-state index in [2.05, 4.69) is 35.9 Å². The topological polar surface area (TPSA) is 212 Å². The first kappa shape index (κ1) is 50.9. The number of nitrogens with two attached hydrogens (primary N) is 2. The van der Waals surface area contributed by atoms with Crippen LogP contribution < -0.4 is 16.2 Å². The second-order valence-corrected chi connectivity index (χ2v) is 22.7. The fourth-order valence-electron chi connectivity index (χ4n) is 11.7. The van der Waals surface area contributed by atoms with Crippen LogP contribution in [0.5, 0.6) is 17.2 Å². The van der Waals surface area contributed by atoms with Crippen LogP contribution in [0.1, 0.15) is 151 Å². The highest BCUT2D eigenvalue weighted by Gasteiger charge is 2.59. The van der Waals surface area contributed by atoms with Crippen LogP contribution in [0.15, 0.2) is 72.9 Å². The second-order valence-electron chi connectivity index (χ2n) is 20.2. The van der Waals surface area contributed by atoms with Crippen molar-refractivity contribution in [3.63, 3.8) is 0 Å². The summed E-state index contributed by atoms with van der Waals surface area (Å²) in [7, 11) is 3.40. The molecule has 3 aromatic carbocycles. The zero-order chi connectivity index (χ0) is 48.7. The minimum atomic E-state index is -0.805. The van der Waals surface area contributed by atoms with Crippen LogP contribution in [0.2, 0.25) is 0 Å². The summed E-state index contributed by atoms with van der Waals surface area (Å²) >= 11 is 0. The van der Waals surface area contributed by atoms with Gasteiger partial charge in [0.2, 0.25) is 0 Å². The molecule has 0 spiro atoms. The number of aromatic nitrogens is 1. The van der Waals surface area contributed by atoms with Gasteiger partial charge in [-0.05, 0) is 126 Å². The number of phenols is 2. The number of phenolic OH excluding ortho intramolecular Hbond substituents is 2. The second kappa shape index (κ2) is 22.7. The Morgan fingerprint density at radius 3 is 2.58 bits per heavy atom. The van der Waals surface area contributed by atoms with E-state index in [0.717, 1.165) is 84.9 Å². The zero-order valence-electron chi connectivity index (χ0n) is 39.8. The summed E-state index contributed by atoms with van der Waals surface area (Å²) in [4.78, 5) is 31.2. The van der Waals surface area contributed by atoms with Gasteiger partial charge in [-0.15, -0.1) is 0 Å². The number of Topliss-reactive ketones (excluding diaryl/α,β-unsaturated/α-hetero) is 1. The molecule has 2 fully saturated rings. The molecule has 8 bridgehead atoms. The third-order valence-electron chi connectivity index (χ3n) is 15.5. The van der Waals surface area contributed by atoms with Crippen molar-refractivity contribution in [3.8, 4) is 29.1 Å². The van der Waals surface area contributed by atoms with E-state index in [1.165, 1.54) is 0 Å². The summed E-state index contributed by atoms with van der Waals surface area (Å²) in [5.74, 6) is 7.99. The molecule has 7 atom stereocenters. The molecule has 0 amide bonds. The first-order chi connectivity index (χ1) is 33.3. The third-order valence-corrected chi connectivity index (χ3v) is 18.0. The molecule has 0 unspecified atom stereocenters. The number of aromatic amines is 1. The first-order valence-electron chi connectivity index (χ1n) is 24.9. The number of benzene rings is 3. The molecule has 8 rings (SSSR count). The van der Waals surface area contributed by atoms with Crippen LogP contribution in [0.4, 0.5) is 0 Å². The standard InChI is InChI=1S/C56H69N3O8S2/c1-2-3-4-6-37(24-42(62)31-60)23-40-15-19-56-33-55(40,30-53(56)66)20-16-41(61)12-9-35-11-14-50(64)52(26-35)67-22-18-36-10-13-49(63)47(25-36)46-29-51(65)43-17-21-59-48(43)8-5-7-38-27-45(54(57)58)39(28-44(38)46)32-68-69-34-56/h10-11,13-14,16-17,20-21,25-28,37,40,42,46,53-54,59-60,62-64,66H,2-4,6,8-9,12,15,18-19,22-24,29-34,57-58H2,1H3/b20-16+/t37-,40-,42-,46+,53+,55-,56-/m0/s1. The number of hydrogen-bond acceptors (Lipinski definition) is 12. The summed E-state index contributed by atoms with van der Waals surface area (Å²) in [5, 5.41) is 55.1. The van der Waals surface area contributed by atoms with Crippen LogP contribution in [0.3, 0.4) is 0 Å². The van der Waals surface area contributed by atoms with Crippen molar-refractivity contribution in [3.05, 3.63) is 123 Å². The number of ether oxygens (including phenoxy) is 1. The van der Waals surface area contributed by atoms with Crippen molar-refractivity contribution in [2.75, 3.05) is 19.0 Å². The van der Waals surface area contributed by atoms with Gasteiger partial charge in [-0.1, -0.05) is 96.4 Å². The Labute approximate surface area is 414 Å². The summed E-state index contributed by atoms with van der Waals surface area (Å²) in [6, 6.07) is 16.4. The van der Waals surface area contributed by atoms with Crippen molar-refractivity contribution in [1.82, 2.24) is 4.98 Å². The van der Waals surface area contributed by atoms with Crippen LogP contribution in [-0.2, 0) is 29.8 Å². The molecule has 0 radical (unpaired) electrons. The molecule has 1 aliphatic heterocycles. The Balaban J connectivity index is 1.16. The maximum absolute atomic E-state index is 14.3. The van der Waals surface area contributed by atoms with Crippen LogP contribution in [0, 0.1) is 34.5 Å². The van der Waals surface area contributed by atoms with Gasteiger partial charge >= 0.3 is 0 Å². The molecule has 4 aliphatic rings. The summed E-state index contributed by atoms with van der Waals surface area (Å²) < 4.78 is 6.17. The largest absolute Gasteiger partial charge is 0.508 e. The lowest BCUT2D eigenvalue weighted by Crippen LogP contribution is -2.39. The molecule has 2 heterocycles. The van der Waals surface area contributed by atoms with E-state index in [0.29, 0.717) is 66.0 Å². The molecular weight excluding hydrogens is 907 g/mol. The normalized spacial score (nSPS) is 25.5. The number of fused-ring (bicyclic) bond motifs is 7. The Bertz CT molecular complexity index is 2560. The van der Waals surface area contributed by atoms with Gasteiger partial charge in [-0.25, -0.2) is 0 Å². The van der Waals surface area contributed by atoms with E-state index in [4.69, 9.17) is 16.2 Å². The smallest absolute Gasteiger partial charge is 0.165 e. The number of carbonyl (C=O) groups excluding carboxylic acids is 2. The zero-order valence-corrected chi connectivity index (χ0v) is 41.4. The molecular formula is C56H69N3O8S2. The van der Waals surface area contributed by atoms with E-state index in [1.54, 1.807) is 64.2 Å². The van der Waals surface area contributed by atoms with Crippen molar-refractivity contribution in [1.29, 1.82) is 0 Å². The number of ketones is 2. The lowest BCUT2D eigenvalue weighted by molar-refractivity contribution is -0.114. The highest BCUT2D eigenvalue weighted by atomic mass is 33.1.